The van der Waals surface area contributed by atoms with E-state index in [1.165, 1.54) is 7.05 Å². The van der Waals surface area contributed by atoms with E-state index in [0.717, 1.165) is 18.0 Å². The first-order valence-corrected chi connectivity index (χ1v) is 14.2. The number of hydrogen-bond donors (Lipinski definition) is 2. The lowest BCUT2D eigenvalue weighted by Crippen LogP contribution is -2.55. The fraction of sp³-hybridized carbons (Fsp3) is 0.419. The van der Waals surface area contributed by atoms with Gasteiger partial charge in [-0.25, -0.2) is 8.78 Å². The van der Waals surface area contributed by atoms with Crippen LogP contribution in [0.1, 0.15) is 13.8 Å². The zero-order valence-corrected chi connectivity index (χ0v) is 25.0. The van der Waals surface area contributed by atoms with Crippen molar-refractivity contribution >= 4 is 29.3 Å². The van der Waals surface area contributed by atoms with Gasteiger partial charge >= 0.3 is 6.18 Å². The molecule has 0 aromatic heterocycles. The number of carbonyl (C=O) groups is 2. The van der Waals surface area contributed by atoms with E-state index in [0.29, 0.717) is 39.4 Å². The molecule has 0 radical (unpaired) electrons. The Balaban J connectivity index is 1.82. The van der Waals surface area contributed by atoms with Crippen molar-refractivity contribution in [1.29, 1.82) is 0 Å². The number of ether oxygens (including phenoxy) is 1. The second-order valence-electron chi connectivity index (χ2n) is 10.9. The summed E-state index contributed by atoms with van der Waals surface area (Å²) in [4.78, 5) is 30.3. The summed E-state index contributed by atoms with van der Waals surface area (Å²) in [6.07, 6.45) is -4.17. The van der Waals surface area contributed by atoms with Crippen LogP contribution in [0.25, 0.3) is 11.1 Å². The molecule has 0 aliphatic carbocycles. The van der Waals surface area contributed by atoms with E-state index in [9.17, 15) is 22.8 Å². The molecule has 2 unspecified atom stereocenters. The number of rotatable bonds is 8. The molecule has 2 heterocycles. The van der Waals surface area contributed by atoms with Crippen molar-refractivity contribution in [2.75, 3.05) is 68.6 Å². The molecule has 4 rings (SSSR count). The number of likely N-dealkylation sites (N-methyl/N-ethyl adjacent to an activating group) is 1. The van der Waals surface area contributed by atoms with Crippen LogP contribution in [0.5, 0.6) is 0 Å². The molecule has 0 bridgehead atoms. The minimum Gasteiger partial charge on any atom is -0.393 e. The molecule has 0 spiro atoms. The Hall–Kier alpha value is -3.97. The quantitative estimate of drug-likeness (QED) is 0.191. The highest BCUT2D eigenvalue weighted by Crippen LogP contribution is 2.40. The lowest BCUT2D eigenvalue weighted by molar-refractivity contribution is -0.115. The Labute approximate surface area is 253 Å². The number of allylic oxidation sites excluding steroid dienone is 1. The van der Waals surface area contributed by atoms with Crippen molar-refractivity contribution in [3.8, 4) is 11.1 Å². The number of morpholine rings is 1. The van der Waals surface area contributed by atoms with Gasteiger partial charge in [0.1, 0.15) is 17.8 Å². The fourth-order valence-corrected chi connectivity index (χ4v) is 5.50. The van der Waals surface area contributed by atoms with Crippen molar-refractivity contribution in [3.63, 3.8) is 0 Å². The smallest absolute Gasteiger partial charge is 0.393 e. The third-order valence-corrected chi connectivity index (χ3v) is 8.03. The third kappa shape index (κ3) is 7.05. The summed E-state index contributed by atoms with van der Waals surface area (Å²) in [5.41, 5.74) is -2.37. The summed E-state index contributed by atoms with van der Waals surface area (Å²) in [5, 5.41) is 4.66. The van der Waals surface area contributed by atoms with Gasteiger partial charge in [0.2, 0.25) is 0 Å². The van der Waals surface area contributed by atoms with Crippen LogP contribution in [0.4, 0.5) is 39.0 Å². The van der Waals surface area contributed by atoms with E-state index >= 15 is 8.78 Å². The molecule has 2 aliphatic rings. The average Bonchev–Trinajstić information content (AvgIpc) is 2.99. The van der Waals surface area contributed by atoms with E-state index in [4.69, 9.17) is 4.74 Å². The summed E-state index contributed by atoms with van der Waals surface area (Å²) in [5.74, 6) is -3.36. The molecule has 2 aliphatic heterocycles. The second-order valence-corrected chi connectivity index (χ2v) is 10.9. The van der Waals surface area contributed by atoms with E-state index in [-0.39, 0.29) is 35.7 Å². The van der Waals surface area contributed by atoms with Crippen LogP contribution in [0, 0.1) is 11.6 Å². The van der Waals surface area contributed by atoms with Crippen LogP contribution in [0.2, 0.25) is 0 Å². The summed E-state index contributed by atoms with van der Waals surface area (Å²) in [7, 11) is 3.20. The van der Waals surface area contributed by atoms with Gasteiger partial charge in [-0.2, -0.15) is 13.2 Å². The van der Waals surface area contributed by atoms with Gasteiger partial charge < -0.3 is 25.2 Å². The van der Waals surface area contributed by atoms with Crippen molar-refractivity contribution in [2.24, 2.45) is 0 Å². The topological polar surface area (TPSA) is 77.2 Å². The molecule has 44 heavy (non-hydrogen) atoms. The first kappa shape index (κ1) is 32.9. The molecule has 2 saturated heterocycles. The lowest BCUT2D eigenvalue weighted by atomic mass is 9.99. The number of carbonyl (C=O) groups excluding carboxylic acids is 2. The Bertz CT molecular complexity index is 1410. The summed E-state index contributed by atoms with van der Waals surface area (Å²) in [6.45, 7) is 6.99. The maximum absolute atomic E-state index is 16.5. The van der Waals surface area contributed by atoms with Gasteiger partial charge in [-0.15, -0.1) is 0 Å². The first-order chi connectivity index (χ1) is 20.9. The number of nitrogens with one attached hydrogen (secondary N) is 2. The number of hydrogen-bond acceptors (Lipinski definition) is 7. The van der Waals surface area contributed by atoms with E-state index in [1.807, 2.05) is 20.9 Å². The third-order valence-electron chi connectivity index (χ3n) is 8.03. The highest BCUT2D eigenvalue weighted by atomic mass is 19.4. The van der Waals surface area contributed by atoms with Crippen molar-refractivity contribution in [3.05, 3.63) is 65.4 Å². The molecular formula is C31H36F5N5O3. The van der Waals surface area contributed by atoms with Crippen LogP contribution < -0.4 is 20.4 Å². The molecular weight excluding hydrogens is 585 g/mol. The van der Waals surface area contributed by atoms with Gasteiger partial charge in [0, 0.05) is 63.3 Å². The molecule has 2 N–H and O–H groups in total. The van der Waals surface area contributed by atoms with Gasteiger partial charge in [-0.05, 0) is 44.7 Å². The number of nitrogens with zero attached hydrogens (tertiary/aromatic N) is 3. The Kier molecular flexibility index (Phi) is 10.3. The van der Waals surface area contributed by atoms with Crippen molar-refractivity contribution in [2.45, 2.75) is 32.1 Å². The Morgan fingerprint density at radius 2 is 1.64 bits per heavy atom. The minimum absolute atomic E-state index is 0.00873. The predicted octanol–water partition coefficient (Wildman–Crippen LogP) is 4.73. The number of amides is 1. The standard InChI is InChI=1S/C31H36F5N5O3/c1-19-17-41(18-20(2)39(19)4)26-15-25(32)27(21-5-7-22(8-6-21)40-10-13-44-14-11-40)28(33)29(26)38-30(43)23(16-37-3)24(9-12-42)31(34,35)36/h5-9,12,15-16,19-20,37H,10-11,13-14,17-18H2,1-4H3,(H,38,43)/b23-16+,24-9+. The van der Waals surface area contributed by atoms with Gasteiger partial charge in [0.05, 0.1) is 35.6 Å². The Morgan fingerprint density at radius 3 is 2.18 bits per heavy atom. The number of halogens is 5. The molecule has 8 nitrogen and oxygen atoms in total. The molecule has 1 amide bonds. The van der Waals surface area contributed by atoms with Gasteiger partial charge in [-0.3, -0.25) is 14.5 Å². The summed E-state index contributed by atoms with van der Waals surface area (Å²) >= 11 is 0. The fourth-order valence-electron chi connectivity index (χ4n) is 5.50. The normalized spacial score (nSPS) is 20.5. The minimum atomic E-state index is -5.07. The molecule has 238 valence electrons. The molecule has 0 saturated carbocycles. The number of alkyl halides is 3. The van der Waals surface area contributed by atoms with Crippen LogP contribution in [0.3, 0.4) is 0 Å². The lowest BCUT2D eigenvalue weighted by Gasteiger charge is -2.44. The Morgan fingerprint density at radius 1 is 1.02 bits per heavy atom. The van der Waals surface area contributed by atoms with E-state index in [1.54, 1.807) is 29.2 Å². The molecule has 13 heteroatoms. The van der Waals surface area contributed by atoms with Crippen LogP contribution in [0.15, 0.2) is 53.8 Å². The summed E-state index contributed by atoms with van der Waals surface area (Å²) in [6, 6.07) is 7.59. The first-order valence-electron chi connectivity index (χ1n) is 14.2. The van der Waals surface area contributed by atoms with Gasteiger partial charge in [-0.1, -0.05) is 12.1 Å². The van der Waals surface area contributed by atoms with Crippen molar-refractivity contribution < 1.29 is 36.3 Å². The SMILES string of the molecule is CN/C=C(C(=O)Nc1c(N2CC(C)N(C)C(C)C2)cc(F)c(-c2ccc(N3CCOCC3)cc2)c1F)\C(=C/C=O)C(F)(F)F. The van der Waals surface area contributed by atoms with Crippen molar-refractivity contribution in [1.82, 2.24) is 10.2 Å². The van der Waals surface area contributed by atoms with E-state index < -0.39 is 46.1 Å². The number of anilines is 3. The number of benzene rings is 2. The molecule has 2 atom stereocenters. The van der Waals surface area contributed by atoms with Gasteiger partial charge in [0.15, 0.2) is 5.82 Å². The molecule has 2 fully saturated rings. The van der Waals surface area contributed by atoms with E-state index in [2.05, 4.69) is 20.4 Å². The number of piperazine rings is 1. The molecule has 2 aromatic rings. The predicted molar refractivity (Wildman–Crippen MR) is 160 cm³/mol. The average molecular weight is 622 g/mol. The second kappa shape index (κ2) is 13.8. The summed E-state index contributed by atoms with van der Waals surface area (Å²) < 4.78 is 79.2. The zero-order chi connectivity index (χ0) is 32.2. The maximum Gasteiger partial charge on any atom is 0.417 e. The van der Waals surface area contributed by atoms with Crippen LogP contribution >= 0.6 is 0 Å². The van der Waals surface area contributed by atoms with Crippen LogP contribution in [-0.2, 0) is 14.3 Å². The number of aldehydes is 1. The highest BCUT2D eigenvalue weighted by Gasteiger charge is 2.39. The van der Waals surface area contributed by atoms with Crippen LogP contribution in [-0.4, -0.2) is 88.8 Å². The monoisotopic (exact) mass is 621 g/mol. The zero-order valence-electron chi connectivity index (χ0n) is 25.0. The molecule has 2 aromatic carbocycles. The highest BCUT2D eigenvalue weighted by molar-refractivity contribution is 6.09. The largest absolute Gasteiger partial charge is 0.417 e. The maximum atomic E-state index is 16.5. The van der Waals surface area contributed by atoms with Gasteiger partial charge in [0.25, 0.3) is 5.91 Å².